The van der Waals surface area contributed by atoms with Gasteiger partial charge in [0.05, 0.1) is 12.7 Å². The Balaban J connectivity index is 3.15. The first-order valence-corrected chi connectivity index (χ1v) is 6.13. The van der Waals surface area contributed by atoms with Crippen LogP contribution in [0.25, 0.3) is 0 Å². The Labute approximate surface area is 95.2 Å². The van der Waals surface area contributed by atoms with Gasteiger partial charge in [0.25, 0.3) is 0 Å². The lowest BCUT2D eigenvalue weighted by Gasteiger charge is -2.15. The lowest BCUT2D eigenvalue weighted by atomic mass is 10.2. The molecule has 3 heteroatoms. The smallest absolute Gasteiger partial charge is 0.0596 e. The van der Waals surface area contributed by atoms with Crippen LogP contribution >= 0.6 is 0 Å². The highest BCUT2D eigenvalue weighted by Gasteiger charge is 2.01. The van der Waals surface area contributed by atoms with Gasteiger partial charge in [-0.1, -0.05) is 6.92 Å². The van der Waals surface area contributed by atoms with Crippen LogP contribution in [-0.4, -0.2) is 51.3 Å². The molecule has 0 rings (SSSR count). The number of nitrogens with one attached hydrogen (secondary N) is 1. The van der Waals surface area contributed by atoms with Gasteiger partial charge >= 0.3 is 0 Å². The zero-order valence-corrected chi connectivity index (χ0v) is 10.9. The summed E-state index contributed by atoms with van der Waals surface area (Å²) in [4.78, 5) is 2.15. The topological polar surface area (TPSA) is 24.5 Å². The largest absolute Gasteiger partial charge is 0.377 e. The fourth-order valence-electron chi connectivity index (χ4n) is 1.34. The van der Waals surface area contributed by atoms with Crippen molar-refractivity contribution in [2.45, 2.75) is 39.2 Å². The minimum Gasteiger partial charge on any atom is -0.377 e. The summed E-state index contributed by atoms with van der Waals surface area (Å²) in [5.74, 6) is 0. The third-order valence-corrected chi connectivity index (χ3v) is 2.33. The molecule has 92 valence electrons. The van der Waals surface area contributed by atoms with Crippen molar-refractivity contribution in [1.29, 1.82) is 0 Å². The number of ether oxygens (including phenoxy) is 1. The Kier molecular flexibility index (Phi) is 10.3. The molecule has 0 amide bonds. The van der Waals surface area contributed by atoms with Crippen molar-refractivity contribution in [3.05, 3.63) is 0 Å². The van der Waals surface area contributed by atoms with Gasteiger partial charge in [-0.05, 0) is 53.4 Å². The van der Waals surface area contributed by atoms with Gasteiger partial charge in [0.1, 0.15) is 0 Å². The normalized spacial score (nSPS) is 13.4. The molecule has 0 aliphatic heterocycles. The highest BCUT2D eigenvalue weighted by molar-refractivity contribution is 4.54. The monoisotopic (exact) mass is 216 g/mol. The minimum absolute atomic E-state index is 0.397. The molecule has 0 radical (unpaired) electrons. The van der Waals surface area contributed by atoms with E-state index < -0.39 is 0 Å². The number of hydrogen-bond acceptors (Lipinski definition) is 3. The van der Waals surface area contributed by atoms with E-state index in [4.69, 9.17) is 4.74 Å². The molecule has 1 N–H and O–H groups in total. The van der Waals surface area contributed by atoms with Gasteiger partial charge in [-0.3, -0.25) is 0 Å². The third kappa shape index (κ3) is 11.8. The van der Waals surface area contributed by atoms with Gasteiger partial charge in [-0.15, -0.1) is 0 Å². The predicted molar refractivity (Wildman–Crippen MR) is 66.4 cm³/mol. The first-order chi connectivity index (χ1) is 7.16. The van der Waals surface area contributed by atoms with Crippen molar-refractivity contribution in [3.8, 4) is 0 Å². The number of rotatable bonds is 10. The molecule has 15 heavy (non-hydrogen) atoms. The summed E-state index contributed by atoms with van der Waals surface area (Å²) in [6.45, 7) is 8.47. The van der Waals surface area contributed by atoms with Crippen molar-refractivity contribution in [1.82, 2.24) is 10.2 Å². The lowest BCUT2D eigenvalue weighted by Crippen LogP contribution is -2.22. The molecule has 0 aliphatic rings. The average molecular weight is 216 g/mol. The zero-order chi connectivity index (χ0) is 11.5. The summed E-state index contributed by atoms with van der Waals surface area (Å²) in [6.07, 6.45) is 3.98. The van der Waals surface area contributed by atoms with Crippen molar-refractivity contribution in [3.63, 3.8) is 0 Å². The maximum atomic E-state index is 5.69. The SMILES string of the molecule is CCCNCCCC(C)OCCN(C)C. The maximum absolute atomic E-state index is 5.69. The Morgan fingerprint density at radius 1 is 1.27 bits per heavy atom. The van der Waals surface area contributed by atoms with Crippen LogP contribution in [0.3, 0.4) is 0 Å². The highest BCUT2D eigenvalue weighted by atomic mass is 16.5. The number of nitrogens with zero attached hydrogens (tertiary/aromatic N) is 1. The second-order valence-electron chi connectivity index (χ2n) is 4.38. The maximum Gasteiger partial charge on any atom is 0.0596 e. The Bertz CT molecular complexity index is 129. The fraction of sp³-hybridized carbons (Fsp3) is 1.00. The van der Waals surface area contributed by atoms with Crippen molar-refractivity contribution < 1.29 is 4.74 Å². The molecule has 1 unspecified atom stereocenters. The van der Waals surface area contributed by atoms with Crippen LogP contribution in [0.15, 0.2) is 0 Å². The molecule has 1 atom stereocenters. The molecule has 0 aromatic heterocycles. The predicted octanol–water partition coefficient (Wildman–Crippen LogP) is 1.73. The van der Waals surface area contributed by atoms with E-state index in [2.05, 4.69) is 38.2 Å². The summed E-state index contributed by atoms with van der Waals surface area (Å²) in [5, 5.41) is 3.40. The summed E-state index contributed by atoms with van der Waals surface area (Å²) < 4.78 is 5.69. The molecule has 0 aromatic carbocycles. The second-order valence-corrected chi connectivity index (χ2v) is 4.38. The van der Waals surface area contributed by atoms with E-state index in [-0.39, 0.29) is 0 Å². The van der Waals surface area contributed by atoms with E-state index in [9.17, 15) is 0 Å². The molecule has 0 bridgehead atoms. The van der Waals surface area contributed by atoms with Crippen LogP contribution in [0.2, 0.25) is 0 Å². The molecule has 0 saturated heterocycles. The highest BCUT2D eigenvalue weighted by Crippen LogP contribution is 2.00. The number of hydrogen-bond donors (Lipinski definition) is 1. The van der Waals surface area contributed by atoms with Gasteiger partial charge in [0.2, 0.25) is 0 Å². The number of likely N-dealkylation sites (N-methyl/N-ethyl adjacent to an activating group) is 1. The molecule has 0 saturated carbocycles. The van der Waals surface area contributed by atoms with Crippen molar-refractivity contribution in [2.75, 3.05) is 40.3 Å². The average Bonchev–Trinajstić information content (AvgIpc) is 2.17. The van der Waals surface area contributed by atoms with Crippen LogP contribution in [-0.2, 0) is 4.74 Å². The third-order valence-electron chi connectivity index (χ3n) is 2.33. The summed E-state index contributed by atoms with van der Waals surface area (Å²) >= 11 is 0. The van der Waals surface area contributed by atoms with Crippen LogP contribution in [0.1, 0.15) is 33.1 Å². The minimum atomic E-state index is 0.397. The van der Waals surface area contributed by atoms with Crippen molar-refractivity contribution >= 4 is 0 Å². The Morgan fingerprint density at radius 3 is 2.60 bits per heavy atom. The van der Waals surface area contributed by atoms with E-state index in [1.165, 1.54) is 12.8 Å². The zero-order valence-electron chi connectivity index (χ0n) is 10.9. The van der Waals surface area contributed by atoms with Gasteiger partial charge in [-0.2, -0.15) is 0 Å². The van der Waals surface area contributed by atoms with E-state index in [1.54, 1.807) is 0 Å². The molecule has 0 spiro atoms. The van der Waals surface area contributed by atoms with Crippen LogP contribution in [0, 0.1) is 0 Å². The molecule has 0 heterocycles. The van der Waals surface area contributed by atoms with E-state index >= 15 is 0 Å². The fourth-order valence-corrected chi connectivity index (χ4v) is 1.34. The van der Waals surface area contributed by atoms with E-state index in [1.807, 2.05) is 0 Å². The van der Waals surface area contributed by atoms with Gasteiger partial charge in [-0.25, -0.2) is 0 Å². The van der Waals surface area contributed by atoms with Gasteiger partial charge in [0, 0.05) is 6.54 Å². The molecule has 0 aliphatic carbocycles. The quantitative estimate of drug-likeness (QED) is 0.563. The molecule has 0 fully saturated rings. The van der Waals surface area contributed by atoms with E-state index in [0.717, 1.165) is 32.7 Å². The molecule has 0 aromatic rings. The summed E-state index contributed by atoms with van der Waals surface area (Å²) in [5.41, 5.74) is 0. The standard InChI is InChI=1S/C12H28N2O/c1-5-8-13-9-6-7-12(2)15-11-10-14(3)4/h12-13H,5-11H2,1-4H3. The van der Waals surface area contributed by atoms with Gasteiger partial charge in [0.15, 0.2) is 0 Å². The van der Waals surface area contributed by atoms with Crippen LogP contribution in [0.5, 0.6) is 0 Å². The van der Waals surface area contributed by atoms with Crippen LogP contribution in [0.4, 0.5) is 0 Å². The first kappa shape index (κ1) is 14.9. The molecule has 3 nitrogen and oxygen atoms in total. The van der Waals surface area contributed by atoms with E-state index in [0.29, 0.717) is 6.10 Å². The summed E-state index contributed by atoms with van der Waals surface area (Å²) in [6, 6.07) is 0. The molecular weight excluding hydrogens is 188 g/mol. The summed E-state index contributed by atoms with van der Waals surface area (Å²) in [7, 11) is 4.14. The van der Waals surface area contributed by atoms with Crippen molar-refractivity contribution in [2.24, 2.45) is 0 Å². The second kappa shape index (κ2) is 10.4. The lowest BCUT2D eigenvalue weighted by molar-refractivity contribution is 0.0497. The molecular formula is C12H28N2O. The first-order valence-electron chi connectivity index (χ1n) is 6.13. The van der Waals surface area contributed by atoms with Gasteiger partial charge < -0.3 is 15.0 Å². The van der Waals surface area contributed by atoms with Crippen LogP contribution < -0.4 is 5.32 Å². The Hall–Kier alpha value is -0.120. The Morgan fingerprint density at radius 2 is 2.00 bits per heavy atom.